The molecule has 3 rings (SSSR count). The molecular formula is C16H13BrO. The lowest BCUT2D eigenvalue weighted by atomic mass is 9.95. The zero-order valence-electron chi connectivity index (χ0n) is 9.81. The van der Waals surface area contributed by atoms with Crippen molar-refractivity contribution in [2.75, 3.05) is 5.33 Å². The summed E-state index contributed by atoms with van der Waals surface area (Å²) in [6, 6.07) is 18.6. The van der Waals surface area contributed by atoms with Gasteiger partial charge in [-0.3, -0.25) is 0 Å². The summed E-state index contributed by atoms with van der Waals surface area (Å²) in [5.74, 6) is 0. The average Bonchev–Trinajstić information content (AvgIpc) is 2.45. The molecule has 0 saturated carbocycles. The molecule has 1 unspecified atom stereocenters. The molecule has 18 heavy (non-hydrogen) atoms. The fraction of sp³-hybridized carbons (Fsp3) is 0.125. The second-order valence-electron chi connectivity index (χ2n) is 4.40. The lowest BCUT2D eigenvalue weighted by molar-refractivity contribution is 0.207. The van der Waals surface area contributed by atoms with Crippen LogP contribution >= 0.6 is 15.9 Å². The minimum absolute atomic E-state index is 0.473. The van der Waals surface area contributed by atoms with E-state index in [2.05, 4.69) is 52.3 Å². The van der Waals surface area contributed by atoms with Gasteiger partial charge in [-0.15, -0.1) is 0 Å². The molecule has 0 fully saturated rings. The third-order valence-electron chi connectivity index (χ3n) is 3.31. The quantitative estimate of drug-likeness (QED) is 0.548. The number of aliphatic hydroxyl groups is 1. The highest BCUT2D eigenvalue weighted by Gasteiger charge is 2.12. The summed E-state index contributed by atoms with van der Waals surface area (Å²) in [6.45, 7) is 0. The molecule has 0 amide bonds. The van der Waals surface area contributed by atoms with Crippen LogP contribution in [0, 0.1) is 0 Å². The van der Waals surface area contributed by atoms with Crippen molar-refractivity contribution < 1.29 is 5.11 Å². The number of fused-ring (bicyclic) bond motifs is 3. The molecule has 0 aliphatic heterocycles. The standard InChI is InChI=1S/C16H13BrO/c17-10-16(18)15-9-11-5-1-2-6-12(11)13-7-3-4-8-14(13)15/h1-9,16,18H,10H2. The fourth-order valence-corrected chi connectivity index (χ4v) is 2.79. The Hall–Kier alpha value is -1.38. The zero-order chi connectivity index (χ0) is 12.5. The van der Waals surface area contributed by atoms with Gasteiger partial charge < -0.3 is 5.11 Å². The number of benzene rings is 3. The predicted octanol–water partition coefficient (Wildman–Crippen LogP) is 4.42. The van der Waals surface area contributed by atoms with Crippen LogP contribution in [0.15, 0.2) is 54.6 Å². The molecule has 0 radical (unpaired) electrons. The van der Waals surface area contributed by atoms with Crippen LogP contribution < -0.4 is 0 Å². The van der Waals surface area contributed by atoms with Crippen LogP contribution in [0.3, 0.4) is 0 Å². The van der Waals surface area contributed by atoms with Crippen LogP contribution in [-0.4, -0.2) is 10.4 Å². The average molecular weight is 301 g/mol. The van der Waals surface area contributed by atoms with E-state index in [-0.39, 0.29) is 0 Å². The van der Waals surface area contributed by atoms with Gasteiger partial charge in [0.1, 0.15) is 0 Å². The van der Waals surface area contributed by atoms with Gasteiger partial charge in [0.25, 0.3) is 0 Å². The topological polar surface area (TPSA) is 20.2 Å². The summed E-state index contributed by atoms with van der Waals surface area (Å²) < 4.78 is 0. The van der Waals surface area contributed by atoms with Crippen molar-refractivity contribution in [1.82, 2.24) is 0 Å². The molecule has 2 heteroatoms. The number of rotatable bonds is 2. The summed E-state index contributed by atoms with van der Waals surface area (Å²) in [7, 11) is 0. The number of alkyl halides is 1. The Morgan fingerprint density at radius 2 is 1.50 bits per heavy atom. The molecule has 0 aliphatic carbocycles. The molecule has 1 nitrogen and oxygen atoms in total. The molecule has 0 aromatic heterocycles. The lowest BCUT2D eigenvalue weighted by Crippen LogP contribution is -1.99. The van der Waals surface area contributed by atoms with Crippen LogP contribution in [0.5, 0.6) is 0 Å². The van der Waals surface area contributed by atoms with Crippen molar-refractivity contribution in [2.45, 2.75) is 6.10 Å². The number of aliphatic hydroxyl groups excluding tert-OH is 1. The number of hydrogen-bond donors (Lipinski definition) is 1. The third-order valence-corrected chi connectivity index (χ3v) is 3.92. The molecule has 1 atom stereocenters. The van der Waals surface area contributed by atoms with E-state index < -0.39 is 6.10 Å². The Bertz CT molecular complexity index is 706. The highest BCUT2D eigenvalue weighted by molar-refractivity contribution is 9.09. The van der Waals surface area contributed by atoms with E-state index in [0.29, 0.717) is 5.33 Å². The highest BCUT2D eigenvalue weighted by Crippen LogP contribution is 2.32. The largest absolute Gasteiger partial charge is 0.388 e. The van der Waals surface area contributed by atoms with Gasteiger partial charge in [0.05, 0.1) is 6.10 Å². The maximum absolute atomic E-state index is 10.1. The molecular weight excluding hydrogens is 288 g/mol. The number of halogens is 1. The highest BCUT2D eigenvalue weighted by atomic mass is 79.9. The third kappa shape index (κ3) is 1.82. The maximum atomic E-state index is 10.1. The van der Waals surface area contributed by atoms with E-state index in [9.17, 15) is 5.11 Å². The second kappa shape index (κ2) is 4.71. The molecule has 1 N–H and O–H groups in total. The Labute approximate surface area is 114 Å². The number of hydrogen-bond acceptors (Lipinski definition) is 1. The fourth-order valence-electron chi connectivity index (χ4n) is 2.44. The Morgan fingerprint density at radius 1 is 0.889 bits per heavy atom. The van der Waals surface area contributed by atoms with Gasteiger partial charge in [-0.1, -0.05) is 64.5 Å². The van der Waals surface area contributed by atoms with E-state index in [0.717, 1.165) is 10.9 Å². The van der Waals surface area contributed by atoms with Crippen LogP contribution in [0.2, 0.25) is 0 Å². The minimum Gasteiger partial charge on any atom is -0.388 e. The van der Waals surface area contributed by atoms with E-state index in [4.69, 9.17) is 0 Å². The first-order valence-corrected chi connectivity index (χ1v) is 7.08. The first-order chi connectivity index (χ1) is 8.81. The molecule has 0 saturated heterocycles. The second-order valence-corrected chi connectivity index (χ2v) is 5.05. The first kappa shape index (κ1) is 11.7. The van der Waals surface area contributed by atoms with Crippen LogP contribution in [0.25, 0.3) is 21.5 Å². The van der Waals surface area contributed by atoms with Crippen molar-refractivity contribution in [3.63, 3.8) is 0 Å². The van der Waals surface area contributed by atoms with Crippen molar-refractivity contribution in [3.05, 3.63) is 60.2 Å². The normalized spacial score (nSPS) is 13.0. The van der Waals surface area contributed by atoms with E-state index in [1.54, 1.807) is 0 Å². The van der Waals surface area contributed by atoms with Crippen LogP contribution in [0.4, 0.5) is 0 Å². The van der Waals surface area contributed by atoms with Crippen LogP contribution in [-0.2, 0) is 0 Å². The van der Waals surface area contributed by atoms with Gasteiger partial charge in [-0.2, -0.15) is 0 Å². The van der Waals surface area contributed by atoms with Crippen LogP contribution in [0.1, 0.15) is 11.7 Å². The SMILES string of the molecule is OC(CBr)c1cc2ccccc2c2ccccc12. The van der Waals surface area contributed by atoms with Gasteiger partial charge in [0.15, 0.2) is 0 Å². The van der Waals surface area contributed by atoms with Gasteiger partial charge in [0.2, 0.25) is 0 Å². The molecule has 0 aliphatic rings. The summed E-state index contributed by atoms with van der Waals surface area (Å²) in [5.41, 5.74) is 0.987. The molecule has 3 aromatic carbocycles. The smallest absolute Gasteiger partial charge is 0.0893 e. The van der Waals surface area contributed by atoms with Crippen molar-refractivity contribution in [1.29, 1.82) is 0 Å². The minimum atomic E-state index is -0.473. The monoisotopic (exact) mass is 300 g/mol. The molecule has 0 spiro atoms. The van der Waals surface area contributed by atoms with E-state index in [1.807, 2.05) is 18.2 Å². The molecule has 0 bridgehead atoms. The van der Waals surface area contributed by atoms with Gasteiger partial charge in [0, 0.05) is 5.33 Å². The Morgan fingerprint density at radius 3 is 2.22 bits per heavy atom. The Balaban J connectivity index is 2.46. The summed E-state index contributed by atoms with van der Waals surface area (Å²) in [4.78, 5) is 0. The van der Waals surface area contributed by atoms with E-state index >= 15 is 0 Å². The van der Waals surface area contributed by atoms with Gasteiger partial charge in [-0.05, 0) is 33.2 Å². The zero-order valence-corrected chi connectivity index (χ0v) is 11.4. The summed E-state index contributed by atoms with van der Waals surface area (Å²) in [6.07, 6.45) is -0.473. The molecule has 90 valence electrons. The van der Waals surface area contributed by atoms with Crippen molar-refractivity contribution in [3.8, 4) is 0 Å². The molecule has 3 aromatic rings. The maximum Gasteiger partial charge on any atom is 0.0893 e. The predicted molar refractivity (Wildman–Crippen MR) is 80.2 cm³/mol. The van der Waals surface area contributed by atoms with Gasteiger partial charge in [-0.25, -0.2) is 0 Å². The Kier molecular flexibility index (Phi) is 3.06. The summed E-state index contributed by atoms with van der Waals surface area (Å²) in [5, 5.41) is 15.4. The van der Waals surface area contributed by atoms with Crippen molar-refractivity contribution >= 4 is 37.5 Å². The van der Waals surface area contributed by atoms with E-state index in [1.165, 1.54) is 16.2 Å². The van der Waals surface area contributed by atoms with Gasteiger partial charge >= 0.3 is 0 Å². The van der Waals surface area contributed by atoms with Crippen molar-refractivity contribution in [2.24, 2.45) is 0 Å². The first-order valence-electron chi connectivity index (χ1n) is 5.95. The lowest BCUT2D eigenvalue weighted by Gasteiger charge is -2.13. The molecule has 0 heterocycles. The summed E-state index contributed by atoms with van der Waals surface area (Å²) >= 11 is 3.35.